The average molecular weight is 332 g/mol. The first-order chi connectivity index (χ1) is 10.0. The van der Waals surface area contributed by atoms with E-state index in [-0.39, 0.29) is 12.0 Å². The second-order valence-corrected chi connectivity index (χ2v) is 5.89. The first-order valence-corrected chi connectivity index (χ1v) is 7.56. The molecule has 116 valence electrons. The molecule has 1 heterocycles. The van der Waals surface area contributed by atoms with E-state index in [4.69, 9.17) is 27.9 Å². The number of rotatable bonds is 5. The van der Waals surface area contributed by atoms with Gasteiger partial charge in [0.25, 0.3) is 0 Å². The summed E-state index contributed by atoms with van der Waals surface area (Å²) in [5.74, 6) is -0.0975. The zero-order valence-corrected chi connectivity index (χ0v) is 13.4. The highest BCUT2D eigenvalue weighted by atomic mass is 35.5. The van der Waals surface area contributed by atoms with Gasteiger partial charge in [-0.05, 0) is 25.2 Å². The topological polar surface area (TPSA) is 53.6 Å². The lowest BCUT2D eigenvalue weighted by Gasteiger charge is -2.27. The van der Waals surface area contributed by atoms with Gasteiger partial charge in [-0.15, -0.1) is 0 Å². The number of benzene rings is 1. The molecular weight excluding hydrogens is 313 g/mol. The molecule has 5 nitrogen and oxygen atoms in total. The van der Waals surface area contributed by atoms with Crippen LogP contribution in [0.15, 0.2) is 18.2 Å². The summed E-state index contributed by atoms with van der Waals surface area (Å²) in [6.45, 7) is 3.42. The smallest absolute Gasteiger partial charge is 0.238 e. The van der Waals surface area contributed by atoms with Gasteiger partial charge in [-0.3, -0.25) is 9.69 Å². The molecule has 0 saturated carbocycles. The van der Waals surface area contributed by atoms with E-state index in [9.17, 15) is 4.79 Å². The first kappa shape index (κ1) is 16.5. The highest BCUT2D eigenvalue weighted by Gasteiger charge is 2.17. The van der Waals surface area contributed by atoms with Gasteiger partial charge < -0.3 is 15.4 Å². The molecule has 0 radical (unpaired) electrons. The number of ether oxygens (including phenoxy) is 1. The van der Waals surface area contributed by atoms with Crippen molar-refractivity contribution in [2.24, 2.45) is 0 Å². The SMILES string of the molecule is CN(CC(=O)Nc1ccc(Cl)c(Cl)c1)CC1CNCCO1. The summed E-state index contributed by atoms with van der Waals surface area (Å²) in [5, 5.41) is 6.95. The van der Waals surface area contributed by atoms with Gasteiger partial charge in [0.05, 0.1) is 29.3 Å². The second-order valence-electron chi connectivity index (χ2n) is 5.07. The molecule has 7 heteroatoms. The van der Waals surface area contributed by atoms with E-state index in [1.54, 1.807) is 18.2 Å². The number of amides is 1. The Hall–Kier alpha value is -0.850. The summed E-state index contributed by atoms with van der Waals surface area (Å²) < 4.78 is 5.61. The fraction of sp³-hybridized carbons (Fsp3) is 0.500. The molecule has 21 heavy (non-hydrogen) atoms. The van der Waals surface area contributed by atoms with E-state index in [1.807, 2.05) is 11.9 Å². The van der Waals surface area contributed by atoms with Gasteiger partial charge >= 0.3 is 0 Å². The molecule has 2 rings (SSSR count). The lowest BCUT2D eigenvalue weighted by Crippen LogP contribution is -2.45. The Bertz CT molecular complexity index is 493. The van der Waals surface area contributed by atoms with Gasteiger partial charge in [-0.1, -0.05) is 23.2 Å². The van der Waals surface area contributed by atoms with Crippen LogP contribution in [0.5, 0.6) is 0 Å². The molecule has 1 aliphatic heterocycles. The van der Waals surface area contributed by atoms with Crippen LogP contribution in [-0.4, -0.2) is 56.7 Å². The summed E-state index contributed by atoms with van der Waals surface area (Å²) in [4.78, 5) is 13.9. The minimum absolute atomic E-state index is 0.0975. The van der Waals surface area contributed by atoms with Gasteiger partial charge in [0.2, 0.25) is 5.91 Å². The zero-order valence-electron chi connectivity index (χ0n) is 11.9. The molecule has 0 aromatic heterocycles. The van der Waals surface area contributed by atoms with Crippen LogP contribution in [-0.2, 0) is 9.53 Å². The first-order valence-electron chi connectivity index (χ1n) is 6.80. The molecule has 1 fully saturated rings. The van der Waals surface area contributed by atoms with E-state index in [1.165, 1.54) is 0 Å². The van der Waals surface area contributed by atoms with Crippen molar-refractivity contribution in [2.45, 2.75) is 6.10 Å². The molecule has 1 aromatic carbocycles. The van der Waals surface area contributed by atoms with Crippen molar-refractivity contribution in [3.8, 4) is 0 Å². The molecular formula is C14H19Cl2N3O2. The Balaban J connectivity index is 1.78. The molecule has 1 atom stereocenters. The van der Waals surface area contributed by atoms with Crippen molar-refractivity contribution < 1.29 is 9.53 Å². The fourth-order valence-corrected chi connectivity index (χ4v) is 2.47. The van der Waals surface area contributed by atoms with E-state index in [0.29, 0.717) is 35.4 Å². The maximum Gasteiger partial charge on any atom is 0.238 e. The summed E-state index contributed by atoms with van der Waals surface area (Å²) in [6, 6.07) is 5.01. The Morgan fingerprint density at radius 2 is 2.29 bits per heavy atom. The number of carbonyl (C=O) groups excluding carboxylic acids is 1. The van der Waals surface area contributed by atoms with E-state index < -0.39 is 0 Å². The molecule has 0 bridgehead atoms. The molecule has 1 unspecified atom stereocenters. The number of likely N-dealkylation sites (N-methyl/N-ethyl adjacent to an activating group) is 1. The molecule has 1 saturated heterocycles. The minimum atomic E-state index is -0.0975. The van der Waals surface area contributed by atoms with Crippen LogP contribution in [0.1, 0.15) is 0 Å². The van der Waals surface area contributed by atoms with Crippen LogP contribution in [0.25, 0.3) is 0 Å². The number of anilines is 1. The largest absolute Gasteiger partial charge is 0.374 e. The lowest BCUT2D eigenvalue weighted by molar-refractivity contribution is -0.117. The van der Waals surface area contributed by atoms with Gasteiger partial charge in [0.1, 0.15) is 0 Å². The number of halogens is 2. The van der Waals surface area contributed by atoms with Crippen LogP contribution in [0.2, 0.25) is 10.0 Å². The Kier molecular flexibility index (Phi) is 6.26. The Morgan fingerprint density at radius 1 is 1.48 bits per heavy atom. The van der Waals surface area contributed by atoms with Crippen molar-refractivity contribution in [2.75, 3.05) is 45.2 Å². The predicted molar refractivity (Wildman–Crippen MR) is 85.2 cm³/mol. The maximum absolute atomic E-state index is 12.0. The van der Waals surface area contributed by atoms with Gasteiger partial charge in [0.15, 0.2) is 0 Å². The van der Waals surface area contributed by atoms with Crippen LogP contribution >= 0.6 is 23.2 Å². The third-order valence-corrected chi connectivity index (χ3v) is 3.88. The van der Waals surface area contributed by atoms with Gasteiger partial charge in [0, 0.05) is 25.3 Å². The molecule has 1 aromatic rings. The number of carbonyl (C=O) groups is 1. The summed E-state index contributed by atoms with van der Waals surface area (Å²) in [5.41, 5.74) is 0.637. The maximum atomic E-state index is 12.0. The molecule has 2 N–H and O–H groups in total. The van der Waals surface area contributed by atoms with Crippen LogP contribution in [0.4, 0.5) is 5.69 Å². The zero-order chi connectivity index (χ0) is 15.2. The van der Waals surface area contributed by atoms with Crippen LogP contribution in [0.3, 0.4) is 0 Å². The van der Waals surface area contributed by atoms with Crippen molar-refractivity contribution in [3.63, 3.8) is 0 Å². The summed E-state index contributed by atoms with van der Waals surface area (Å²) in [6.07, 6.45) is 0.126. The molecule has 1 aliphatic rings. The highest BCUT2D eigenvalue weighted by molar-refractivity contribution is 6.42. The molecule has 1 amide bonds. The molecule has 0 aliphatic carbocycles. The number of hydrogen-bond acceptors (Lipinski definition) is 4. The summed E-state index contributed by atoms with van der Waals surface area (Å²) in [7, 11) is 1.90. The monoisotopic (exact) mass is 331 g/mol. The Morgan fingerprint density at radius 3 is 2.95 bits per heavy atom. The highest BCUT2D eigenvalue weighted by Crippen LogP contribution is 2.24. The number of hydrogen-bond donors (Lipinski definition) is 2. The van der Waals surface area contributed by atoms with E-state index >= 15 is 0 Å². The Labute approximate surface area is 134 Å². The van der Waals surface area contributed by atoms with E-state index in [2.05, 4.69) is 10.6 Å². The predicted octanol–water partition coefficient (Wildman–Crippen LogP) is 1.85. The standard InChI is InChI=1S/C14H19Cl2N3O2/c1-19(8-11-7-17-4-5-21-11)9-14(20)18-10-2-3-12(15)13(16)6-10/h2-3,6,11,17H,4-5,7-9H2,1H3,(H,18,20). The third kappa shape index (κ3) is 5.45. The fourth-order valence-electron chi connectivity index (χ4n) is 2.17. The van der Waals surface area contributed by atoms with Gasteiger partial charge in [-0.25, -0.2) is 0 Å². The van der Waals surface area contributed by atoms with E-state index in [0.717, 1.165) is 13.1 Å². The number of nitrogens with one attached hydrogen (secondary N) is 2. The normalized spacial score (nSPS) is 18.8. The van der Waals surface area contributed by atoms with Crippen LogP contribution in [0, 0.1) is 0 Å². The van der Waals surface area contributed by atoms with Crippen molar-refractivity contribution in [1.29, 1.82) is 0 Å². The van der Waals surface area contributed by atoms with Gasteiger partial charge in [-0.2, -0.15) is 0 Å². The minimum Gasteiger partial charge on any atom is -0.374 e. The lowest BCUT2D eigenvalue weighted by atomic mass is 10.3. The van der Waals surface area contributed by atoms with Crippen molar-refractivity contribution in [3.05, 3.63) is 28.2 Å². The third-order valence-electron chi connectivity index (χ3n) is 3.14. The number of morpholine rings is 1. The number of nitrogens with zero attached hydrogens (tertiary/aromatic N) is 1. The summed E-state index contributed by atoms with van der Waals surface area (Å²) >= 11 is 11.8. The van der Waals surface area contributed by atoms with Crippen molar-refractivity contribution in [1.82, 2.24) is 10.2 Å². The molecule has 0 spiro atoms. The van der Waals surface area contributed by atoms with Crippen LogP contribution < -0.4 is 10.6 Å². The van der Waals surface area contributed by atoms with Crippen molar-refractivity contribution >= 4 is 34.8 Å². The second kappa shape index (κ2) is 7.96. The average Bonchev–Trinajstić information content (AvgIpc) is 2.43. The quantitative estimate of drug-likeness (QED) is 0.864.